The van der Waals surface area contributed by atoms with Crippen LogP contribution in [0.15, 0.2) is 54.6 Å². The van der Waals surface area contributed by atoms with Gasteiger partial charge in [-0.2, -0.15) is 0 Å². The number of fused-ring (bicyclic) bond motifs is 1. The molecule has 8 nitrogen and oxygen atoms in total. The number of rotatable bonds is 9. The maximum atomic E-state index is 13.1. The molecule has 0 spiro atoms. The predicted octanol–water partition coefficient (Wildman–Crippen LogP) is 5.55. The number of nitrogens with one attached hydrogen (secondary N) is 1. The fourth-order valence-electron chi connectivity index (χ4n) is 6.89. The molecule has 2 saturated carbocycles. The Labute approximate surface area is 254 Å². The Kier molecular flexibility index (Phi) is 9.06. The molecule has 1 amide bonds. The van der Waals surface area contributed by atoms with Crippen molar-refractivity contribution in [1.29, 1.82) is 0 Å². The normalized spacial score (nSPS) is 25.6. The molecule has 11 heteroatoms. The van der Waals surface area contributed by atoms with E-state index in [4.69, 9.17) is 9.47 Å². The van der Waals surface area contributed by atoms with Crippen molar-refractivity contribution in [3.8, 4) is 11.5 Å². The number of hydrogen-bond donors (Lipinski definition) is 1. The molecule has 44 heavy (non-hydrogen) atoms. The molecule has 2 aliphatic carbocycles. The van der Waals surface area contributed by atoms with Gasteiger partial charge in [0.15, 0.2) is 0 Å². The van der Waals surface area contributed by atoms with Crippen molar-refractivity contribution in [1.82, 2.24) is 10.2 Å². The van der Waals surface area contributed by atoms with Crippen LogP contribution in [0.3, 0.4) is 0 Å². The largest absolute Gasteiger partial charge is 0.573 e. The minimum atomic E-state index is -4.82. The third kappa shape index (κ3) is 7.61. The molecule has 0 bridgehead atoms. The van der Waals surface area contributed by atoms with E-state index in [9.17, 15) is 27.6 Å². The van der Waals surface area contributed by atoms with Crippen LogP contribution in [0.5, 0.6) is 11.5 Å². The van der Waals surface area contributed by atoms with Crippen molar-refractivity contribution in [2.75, 3.05) is 19.6 Å². The van der Waals surface area contributed by atoms with Crippen LogP contribution >= 0.6 is 0 Å². The first-order chi connectivity index (χ1) is 20.8. The van der Waals surface area contributed by atoms with E-state index in [0.717, 1.165) is 18.7 Å². The molecular weight excluding hydrogens is 577 g/mol. The summed E-state index contributed by atoms with van der Waals surface area (Å²) in [6.07, 6.45) is 2.53. The summed E-state index contributed by atoms with van der Waals surface area (Å²) in [5.41, 5.74) is -0.268. The average molecular weight is 615 g/mol. The number of esters is 2. The van der Waals surface area contributed by atoms with Crippen LogP contribution in [-0.2, 0) is 24.5 Å². The topological polar surface area (TPSA) is 94.2 Å². The van der Waals surface area contributed by atoms with Gasteiger partial charge in [0.1, 0.15) is 17.1 Å². The van der Waals surface area contributed by atoms with E-state index < -0.39 is 29.3 Å². The number of halogens is 3. The summed E-state index contributed by atoms with van der Waals surface area (Å²) in [6, 6.07) is 12.4. The standard InChI is InChI=1S/C33H37F3N2O6/c1-22(39)42-28-7-4-6-26(18-28)31-15-16-38(20-25-9-10-25)21-32(31,43-23(2)40)14-13-27(19-31)37-30(41)12-11-24-5-3-8-29(17-24)44-33(34,35)36/h3-8,11-12,17-18,25,27H,9-10,13-16,19-21H2,1-2H3,(H,37,41)/b12-11+. The molecule has 2 aromatic carbocycles. The smallest absolute Gasteiger partial charge is 0.457 e. The van der Waals surface area contributed by atoms with Gasteiger partial charge in [0, 0.05) is 44.5 Å². The summed E-state index contributed by atoms with van der Waals surface area (Å²) in [6.45, 7) is 5.06. The lowest BCUT2D eigenvalue weighted by molar-refractivity contribution is -0.274. The van der Waals surface area contributed by atoms with E-state index in [1.807, 2.05) is 18.2 Å². The van der Waals surface area contributed by atoms with Gasteiger partial charge >= 0.3 is 18.3 Å². The zero-order valence-corrected chi connectivity index (χ0v) is 24.8. The van der Waals surface area contributed by atoms with Gasteiger partial charge in [0.05, 0.1) is 0 Å². The van der Waals surface area contributed by atoms with E-state index in [1.54, 1.807) is 12.1 Å². The van der Waals surface area contributed by atoms with Crippen LogP contribution in [0.25, 0.3) is 6.08 Å². The zero-order chi connectivity index (χ0) is 31.5. The van der Waals surface area contributed by atoms with Gasteiger partial charge in [0.2, 0.25) is 5.91 Å². The maximum Gasteiger partial charge on any atom is 0.573 e. The van der Waals surface area contributed by atoms with Gasteiger partial charge < -0.3 is 19.5 Å². The van der Waals surface area contributed by atoms with E-state index in [0.29, 0.717) is 49.5 Å². The SMILES string of the molecule is CC(=O)Oc1cccc(C23CCN(CC4CC4)CC2(OC(C)=O)CCC(NC(=O)/C=C/c2cccc(OC(F)(F)F)c2)C3)c1. The minimum Gasteiger partial charge on any atom is -0.457 e. The highest BCUT2D eigenvalue weighted by Crippen LogP contribution is 2.54. The second kappa shape index (κ2) is 12.6. The van der Waals surface area contributed by atoms with Crippen LogP contribution in [0.2, 0.25) is 0 Å². The minimum absolute atomic E-state index is 0.275. The van der Waals surface area contributed by atoms with E-state index in [2.05, 4.69) is 15.0 Å². The van der Waals surface area contributed by atoms with Crippen molar-refractivity contribution in [2.45, 2.75) is 75.8 Å². The monoisotopic (exact) mass is 614 g/mol. The summed E-state index contributed by atoms with van der Waals surface area (Å²) in [5.74, 6) is -0.533. The first-order valence-electron chi connectivity index (χ1n) is 14.9. The van der Waals surface area contributed by atoms with Gasteiger partial charge in [-0.3, -0.25) is 19.3 Å². The Bertz CT molecular complexity index is 1420. The Balaban J connectivity index is 1.40. The Morgan fingerprint density at radius 2 is 1.75 bits per heavy atom. The lowest BCUT2D eigenvalue weighted by Gasteiger charge is -2.59. The third-order valence-electron chi connectivity index (χ3n) is 8.76. The summed E-state index contributed by atoms with van der Waals surface area (Å²) >= 11 is 0. The first-order valence-corrected chi connectivity index (χ1v) is 14.9. The second-order valence-corrected chi connectivity index (χ2v) is 12.1. The van der Waals surface area contributed by atoms with Crippen LogP contribution in [-0.4, -0.2) is 60.4 Å². The number of benzene rings is 2. The van der Waals surface area contributed by atoms with Gasteiger partial charge in [-0.05, 0) is 92.5 Å². The molecule has 0 radical (unpaired) electrons. The van der Waals surface area contributed by atoms with Crippen molar-refractivity contribution in [3.05, 3.63) is 65.7 Å². The van der Waals surface area contributed by atoms with Crippen molar-refractivity contribution in [2.24, 2.45) is 5.92 Å². The number of alkyl halides is 3. The highest BCUT2D eigenvalue weighted by atomic mass is 19.4. The highest BCUT2D eigenvalue weighted by Gasteiger charge is 2.61. The molecule has 1 saturated heterocycles. The predicted molar refractivity (Wildman–Crippen MR) is 156 cm³/mol. The molecule has 236 valence electrons. The van der Waals surface area contributed by atoms with Gasteiger partial charge in [-0.1, -0.05) is 24.3 Å². The second-order valence-electron chi connectivity index (χ2n) is 12.1. The third-order valence-corrected chi connectivity index (χ3v) is 8.76. The molecule has 2 aromatic rings. The first kappa shape index (κ1) is 31.6. The number of likely N-dealkylation sites (tertiary alicyclic amines) is 1. The molecular formula is C33H37F3N2O6. The highest BCUT2D eigenvalue weighted by molar-refractivity contribution is 5.92. The van der Waals surface area contributed by atoms with Crippen LogP contribution in [0, 0.1) is 5.92 Å². The lowest BCUT2D eigenvalue weighted by Crippen LogP contribution is -2.68. The van der Waals surface area contributed by atoms with Crippen LogP contribution in [0.4, 0.5) is 13.2 Å². The van der Waals surface area contributed by atoms with Crippen molar-refractivity contribution in [3.63, 3.8) is 0 Å². The molecule has 3 unspecified atom stereocenters. The number of carbonyl (C=O) groups excluding carboxylic acids is 3. The van der Waals surface area contributed by atoms with Gasteiger partial charge in [-0.15, -0.1) is 13.2 Å². The number of nitrogens with zero attached hydrogens (tertiary/aromatic N) is 1. The number of carbonyl (C=O) groups is 3. The van der Waals surface area contributed by atoms with Crippen molar-refractivity contribution < 1.29 is 41.8 Å². The van der Waals surface area contributed by atoms with Crippen LogP contribution in [0.1, 0.15) is 63.5 Å². The molecule has 3 atom stereocenters. The fraction of sp³-hybridized carbons (Fsp3) is 0.485. The summed E-state index contributed by atoms with van der Waals surface area (Å²) < 4.78 is 53.5. The van der Waals surface area contributed by atoms with E-state index in [-0.39, 0.29) is 17.8 Å². The average Bonchev–Trinajstić information content (AvgIpc) is 3.75. The van der Waals surface area contributed by atoms with Crippen molar-refractivity contribution >= 4 is 23.9 Å². The quantitative estimate of drug-likeness (QED) is 0.225. The van der Waals surface area contributed by atoms with E-state index in [1.165, 1.54) is 57.0 Å². The molecule has 0 aromatic heterocycles. The number of hydrogen-bond acceptors (Lipinski definition) is 7. The molecule has 1 heterocycles. The number of ether oxygens (including phenoxy) is 3. The number of amides is 1. The Hall–Kier alpha value is -3.86. The Morgan fingerprint density at radius 3 is 2.45 bits per heavy atom. The van der Waals surface area contributed by atoms with Gasteiger partial charge in [-0.25, -0.2) is 0 Å². The Morgan fingerprint density at radius 1 is 1.00 bits per heavy atom. The number of piperidine rings is 1. The molecule has 1 N–H and O–H groups in total. The maximum absolute atomic E-state index is 13.1. The zero-order valence-electron chi connectivity index (χ0n) is 24.8. The lowest BCUT2D eigenvalue weighted by atomic mass is 9.55. The molecule has 3 fully saturated rings. The fourth-order valence-corrected chi connectivity index (χ4v) is 6.89. The molecule has 1 aliphatic heterocycles. The van der Waals surface area contributed by atoms with Crippen LogP contribution < -0.4 is 14.8 Å². The molecule has 3 aliphatic rings. The summed E-state index contributed by atoms with van der Waals surface area (Å²) in [4.78, 5) is 39.8. The van der Waals surface area contributed by atoms with Gasteiger partial charge in [0.25, 0.3) is 0 Å². The molecule has 5 rings (SSSR count). The summed E-state index contributed by atoms with van der Waals surface area (Å²) in [7, 11) is 0. The van der Waals surface area contributed by atoms with E-state index >= 15 is 0 Å². The summed E-state index contributed by atoms with van der Waals surface area (Å²) in [5, 5.41) is 3.06.